The summed E-state index contributed by atoms with van der Waals surface area (Å²) in [5, 5.41) is 46.1. The number of carbonyl (C=O) groups is 2. The Morgan fingerprint density at radius 3 is 1.71 bits per heavy atom. The summed E-state index contributed by atoms with van der Waals surface area (Å²) in [6, 6.07) is 0. The lowest BCUT2D eigenvalue weighted by molar-refractivity contribution is -0.147. The average Bonchev–Trinajstić information content (AvgIpc) is 1.98. The van der Waals surface area contributed by atoms with Gasteiger partial charge >= 0.3 is 19.3 Å². The second-order valence-corrected chi connectivity index (χ2v) is 2.13. The van der Waals surface area contributed by atoms with Gasteiger partial charge in [-0.15, -0.1) is 0 Å². The Labute approximate surface area is 79.2 Å². The van der Waals surface area contributed by atoms with Crippen LogP contribution < -0.4 is 0 Å². The number of rotatable bonds is 4. The van der Waals surface area contributed by atoms with Crippen molar-refractivity contribution in [3.05, 3.63) is 0 Å². The molecule has 0 heterocycles. The Morgan fingerprint density at radius 2 is 1.50 bits per heavy atom. The fourth-order valence-electron chi connectivity index (χ4n) is 0.384. The predicted molar refractivity (Wildman–Crippen MR) is 42.9 cm³/mol. The van der Waals surface area contributed by atoms with Gasteiger partial charge in [-0.3, -0.25) is 4.79 Å². The largest absolute Gasteiger partial charge is 0.631 e. The van der Waals surface area contributed by atoms with Gasteiger partial charge in [-0.25, -0.2) is 4.79 Å². The van der Waals surface area contributed by atoms with Crippen molar-refractivity contribution in [1.82, 2.24) is 0 Å². The van der Waals surface area contributed by atoms with Gasteiger partial charge in [0.15, 0.2) is 6.10 Å². The highest BCUT2D eigenvalue weighted by molar-refractivity contribution is 6.30. The molecule has 0 rings (SSSR count). The molecule has 8 nitrogen and oxygen atoms in total. The smallest absolute Gasteiger partial charge is 0.481 e. The second-order valence-electron chi connectivity index (χ2n) is 2.13. The van der Waals surface area contributed by atoms with Crippen LogP contribution in [-0.4, -0.2) is 55.8 Å². The van der Waals surface area contributed by atoms with Gasteiger partial charge in [0, 0.05) is 6.42 Å². The quantitative estimate of drug-likeness (QED) is 0.272. The molecule has 0 radical (unpaired) electrons. The third-order valence-electron chi connectivity index (χ3n) is 0.917. The van der Waals surface area contributed by atoms with Crippen LogP contribution in [0.5, 0.6) is 0 Å². The highest BCUT2D eigenvalue weighted by Crippen LogP contribution is 1.95. The molecular weight excluding hydrogens is 199 g/mol. The van der Waals surface area contributed by atoms with Crippen LogP contribution in [0.15, 0.2) is 0 Å². The molecule has 9 heteroatoms. The maximum absolute atomic E-state index is 9.87. The Bertz CT molecular complexity index is 178. The van der Waals surface area contributed by atoms with E-state index in [0.717, 1.165) is 0 Å². The Kier molecular flexibility index (Phi) is 9.24. The van der Waals surface area contributed by atoms with Crippen molar-refractivity contribution in [2.75, 3.05) is 0 Å². The molecule has 14 heavy (non-hydrogen) atoms. The maximum atomic E-state index is 9.87. The zero-order valence-corrected chi connectivity index (χ0v) is 7.07. The first-order valence-corrected chi connectivity index (χ1v) is 3.44. The van der Waals surface area contributed by atoms with Gasteiger partial charge in [0.1, 0.15) is 0 Å². The monoisotopic (exact) mass is 210 g/mol. The zero-order chi connectivity index (χ0) is 11.7. The fourth-order valence-corrected chi connectivity index (χ4v) is 0.384. The van der Waals surface area contributed by atoms with Gasteiger partial charge in [-0.05, 0) is 6.42 Å². The van der Waals surface area contributed by atoms with Crippen LogP contribution in [0.25, 0.3) is 0 Å². The van der Waals surface area contributed by atoms with Gasteiger partial charge in [0.25, 0.3) is 0 Å². The van der Waals surface area contributed by atoms with Crippen LogP contribution >= 0.6 is 0 Å². The molecule has 0 spiro atoms. The lowest BCUT2D eigenvalue weighted by atomic mass is 10.2. The molecule has 1 unspecified atom stereocenters. The molecule has 0 aromatic heterocycles. The molecule has 0 aromatic rings. The summed E-state index contributed by atoms with van der Waals surface area (Å²) in [5.74, 6) is -2.50. The van der Waals surface area contributed by atoms with Gasteiger partial charge in [-0.1, -0.05) is 0 Å². The van der Waals surface area contributed by atoms with Crippen molar-refractivity contribution in [2.45, 2.75) is 18.9 Å². The third-order valence-corrected chi connectivity index (χ3v) is 0.917. The molecule has 0 aliphatic heterocycles. The van der Waals surface area contributed by atoms with Crippen molar-refractivity contribution >= 4 is 19.3 Å². The number of carboxylic acids is 2. The second kappa shape index (κ2) is 8.44. The molecule has 0 aliphatic carbocycles. The summed E-state index contributed by atoms with van der Waals surface area (Å²) in [6.07, 6.45) is -2.13. The highest BCUT2D eigenvalue weighted by Gasteiger charge is 2.13. The van der Waals surface area contributed by atoms with Crippen LogP contribution in [0.1, 0.15) is 12.8 Å². The summed E-state index contributed by atoms with van der Waals surface area (Å²) >= 11 is 0. The number of aliphatic hydroxyl groups excluding tert-OH is 1. The normalized spacial score (nSPS) is 10.9. The lowest BCUT2D eigenvalue weighted by Gasteiger charge is -2.00. The van der Waals surface area contributed by atoms with Gasteiger partial charge < -0.3 is 30.4 Å². The Balaban J connectivity index is 0. The van der Waals surface area contributed by atoms with E-state index < -0.39 is 25.4 Å². The number of aliphatic carboxylic acids is 2. The van der Waals surface area contributed by atoms with E-state index in [1.807, 2.05) is 0 Å². The van der Waals surface area contributed by atoms with E-state index in [2.05, 4.69) is 0 Å². The SMILES string of the molecule is O=C(O)CCC(O)C(=O)O.OB(O)O. The van der Waals surface area contributed by atoms with E-state index in [1.54, 1.807) is 0 Å². The van der Waals surface area contributed by atoms with E-state index in [9.17, 15) is 9.59 Å². The molecule has 0 saturated heterocycles. The molecule has 0 aliphatic rings. The molecule has 0 fully saturated rings. The van der Waals surface area contributed by atoms with E-state index in [1.165, 1.54) is 0 Å². The predicted octanol–water partition coefficient (Wildman–Crippen LogP) is -2.76. The fraction of sp³-hybridized carbons (Fsp3) is 0.600. The zero-order valence-electron chi connectivity index (χ0n) is 7.07. The molecule has 0 saturated carbocycles. The average molecular weight is 210 g/mol. The van der Waals surface area contributed by atoms with E-state index in [0.29, 0.717) is 0 Å². The first kappa shape index (κ1) is 15.3. The lowest BCUT2D eigenvalue weighted by Crippen LogP contribution is -2.20. The van der Waals surface area contributed by atoms with Crippen LogP contribution in [0, 0.1) is 0 Å². The molecule has 0 bridgehead atoms. The van der Waals surface area contributed by atoms with E-state index in [-0.39, 0.29) is 12.8 Å². The van der Waals surface area contributed by atoms with E-state index >= 15 is 0 Å². The minimum Gasteiger partial charge on any atom is -0.481 e. The van der Waals surface area contributed by atoms with E-state index in [4.69, 9.17) is 30.4 Å². The maximum Gasteiger partial charge on any atom is 0.631 e. The van der Waals surface area contributed by atoms with Crippen LogP contribution in [-0.2, 0) is 9.59 Å². The van der Waals surface area contributed by atoms with Crippen molar-refractivity contribution < 1.29 is 40.0 Å². The molecular formula is C5H11BO8. The van der Waals surface area contributed by atoms with Crippen LogP contribution in [0.4, 0.5) is 0 Å². The van der Waals surface area contributed by atoms with Gasteiger partial charge in [-0.2, -0.15) is 0 Å². The number of carboxylic acid groups (broad SMARTS) is 2. The summed E-state index contributed by atoms with van der Waals surface area (Å²) in [5.41, 5.74) is 0. The molecule has 6 N–H and O–H groups in total. The summed E-state index contributed by atoms with van der Waals surface area (Å²) in [6.45, 7) is 0. The third kappa shape index (κ3) is 17.1. The first-order valence-electron chi connectivity index (χ1n) is 3.44. The van der Waals surface area contributed by atoms with Crippen molar-refractivity contribution in [2.24, 2.45) is 0 Å². The number of aliphatic hydroxyl groups is 1. The molecule has 0 aromatic carbocycles. The standard InChI is InChI=1S/C5H8O5.BH3O3/c6-3(5(9)10)1-2-4(7)8;2-1(3)4/h3,6H,1-2H2,(H,7,8)(H,9,10);2-4H. The summed E-state index contributed by atoms with van der Waals surface area (Å²) in [7, 11) is -2.17. The van der Waals surface area contributed by atoms with Crippen molar-refractivity contribution in [1.29, 1.82) is 0 Å². The molecule has 0 amide bonds. The van der Waals surface area contributed by atoms with Crippen LogP contribution in [0.2, 0.25) is 0 Å². The van der Waals surface area contributed by atoms with Crippen LogP contribution in [0.3, 0.4) is 0 Å². The van der Waals surface area contributed by atoms with Gasteiger partial charge in [0.05, 0.1) is 0 Å². The Hall–Kier alpha value is -1.16. The van der Waals surface area contributed by atoms with Gasteiger partial charge in [0.2, 0.25) is 0 Å². The van der Waals surface area contributed by atoms with Crippen molar-refractivity contribution in [3.8, 4) is 0 Å². The Morgan fingerprint density at radius 1 is 1.14 bits per heavy atom. The minimum atomic E-state index is -2.17. The molecule has 82 valence electrons. The molecule has 1 atom stereocenters. The van der Waals surface area contributed by atoms with Crippen molar-refractivity contribution in [3.63, 3.8) is 0 Å². The summed E-state index contributed by atoms with van der Waals surface area (Å²) in [4.78, 5) is 19.7. The first-order chi connectivity index (χ1) is 6.27. The number of hydrogen-bond donors (Lipinski definition) is 6. The summed E-state index contributed by atoms with van der Waals surface area (Å²) < 4.78 is 0. The minimum absolute atomic E-state index is 0.245. The number of hydrogen-bond acceptors (Lipinski definition) is 6. The topological polar surface area (TPSA) is 156 Å². The highest BCUT2D eigenvalue weighted by atomic mass is 16.5.